The van der Waals surface area contributed by atoms with Crippen LogP contribution in [0.25, 0.3) is 49.3 Å². The molecule has 0 bridgehead atoms. The molecule has 0 radical (unpaired) electrons. The largest absolute Gasteiger partial charge is 0.422 e. The molecule has 0 N–H and O–H groups in total. The Kier molecular flexibility index (Phi) is 30.9. The molecule has 24 heteroatoms. The van der Waals surface area contributed by atoms with Gasteiger partial charge in [-0.2, -0.15) is 0 Å². The van der Waals surface area contributed by atoms with Gasteiger partial charge in [-0.3, -0.25) is 0 Å². The third-order valence-corrected chi connectivity index (χ3v) is 14.5. The lowest BCUT2D eigenvalue weighted by Gasteiger charge is -2.25. The standard InChI is InChI=1S/C33H43N5O7.C18H28N4O5.C15H15NO2/c1-3-36(4-2)29-9-10-32-26(23-29)24-30(33(39)45-32)31-25-38(35-34-31)28-7-5-27(6-8-28)37-11-13-40-15-17-42-19-21-44-22-20-43-18-16-41-14-12-37;19-21-20-17-1-3-18(4-2-17)22-5-7-23-9-11-25-13-15-27-16-14-26-12-10-24-8-6-22;1-4-11-9-12-7-8-13(16(5-2)6-3)10-14(12)18-15(11)17/h5-10,23-25H,3-4,11-22H2,1-2H3;1-4H,5-16H2;1,7-10H,5-6H2,2-3H3. The second-order valence-corrected chi connectivity index (χ2v) is 20.2. The molecule has 0 spiro atoms. The smallest absolute Gasteiger partial charge is 0.352 e. The predicted octanol–water partition coefficient (Wildman–Crippen LogP) is 8.94. The highest BCUT2D eigenvalue weighted by Gasteiger charge is 2.16. The topological polar surface area (TPSA) is 245 Å². The molecule has 0 saturated carbocycles. The van der Waals surface area contributed by atoms with Gasteiger partial charge < -0.3 is 75.8 Å². The third-order valence-electron chi connectivity index (χ3n) is 14.5. The highest BCUT2D eigenvalue weighted by Crippen LogP contribution is 2.27. The minimum Gasteiger partial charge on any atom is -0.422 e. The van der Waals surface area contributed by atoms with Crippen molar-refractivity contribution in [1.82, 2.24) is 15.0 Å². The van der Waals surface area contributed by atoms with Crippen molar-refractivity contribution in [3.8, 4) is 29.3 Å². The quantitative estimate of drug-likeness (QED) is 0.0385. The number of rotatable bonds is 11. The first-order valence-corrected chi connectivity index (χ1v) is 30.8. The van der Waals surface area contributed by atoms with Crippen LogP contribution in [0.2, 0.25) is 0 Å². The molecule has 7 aromatic rings. The summed E-state index contributed by atoms with van der Waals surface area (Å²) in [5.74, 6) is 2.33. The predicted molar refractivity (Wildman–Crippen MR) is 348 cm³/mol. The lowest BCUT2D eigenvalue weighted by atomic mass is 10.1. The van der Waals surface area contributed by atoms with E-state index in [1.54, 1.807) is 29.1 Å². The Hall–Kier alpha value is -7.89. The van der Waals surface area contributed by atoms with E-state index in [9.17, 15) is 9.59 Å². The molecule has 4 aromatic carbocycles. The molecule has 0 aliphatic carbocycles. The number of aromatic nitrogens is 3. The molecule has 24 nitrogen and oxygen atoms in total. The fraction of sp³-hybridized carbons (Fsp3) is 0.485. The van der Waals surface area contributed by atoms with Crippen LogP contribution < -0.4 is 30.9 Å². The number of hydrogen-bond acceptors (Lipinski definition) is 21. The van der Waals surface area contributed by atoms with Gasteiger partial charge in [0.1, 0.15) is 22.4 Å². The van der Waals surface area contributed by atoms with Crippen LogP contribution in [0, 0.1) is 12.3 Å². The second kappa shape index (κ2) is 40.0. The Balaban J connectivity index is 0.000000216. The highest BCUT2D eigenvalue weighted by molar-refractivity contribution is 5.84. The second-order valence-electron chi connectivity index (χ2n) is 20.2. The molecule has 0 unspecified atom stereocenters. The molecule has 0 amide bonds. The molecule has 9 rings (SSSR count). The van der Waals surface area contributed by atoms with Gasteiger partial charge in [-0.25, -0.2) is 14.3 Å². The molecule has 90 heavy (non-hydrogen) atoms. The zero-order valence-corrected chi connectivity index (χ0v) is 52.4. The van der Waals surface area contributed by atoms with E-state index < -0.39 is 11.3 Å². The van der Waals surface area contributed by atoms with Gasteiger partial charge in [0, 0.05) is 103 Å². The van der Waals surface area contributed by atoms with Crippen molar-refractivity contribution in [3.05, 3.63) is 140 Å². The van der Waals surface area contributed by atoms with E-state index in [1.165, 1.54) is 0 Å². The molecule has 484 valence electrons. The summed E-state index contributed by atoms with van der Waals surface area (Å²) in [6.45, 7) is 25.8. The van der Waals surface area contributed by atoms with Crippen molar-refractivity contribution < 1.29 is 56.2 Å². The Morgan fingerprint density at radius 3 is 1.34 bits per heavy atom. The van der Waals surface area contributed by atoms with Crippen molar-refractivity contribution >= 4 is 50.4 Å². The number of nitrogens with zero attached hydrogens (tertiary/aromatic N) is 10. The summed E-state index contributed by atoms with van der Waals surface area (Å²) in [4.78, 5) is 36.1. The molecular weight excluding hydrogens is 1160 g/mol. The number of terminal acetylenes is 1. The molecule has 2 saturated heterocycles. The van der Waals surface area contributed by atoms with Gasteiger partial charge in [0.05, 0.1) is 150 Å². The van der Waals surface area contributed by atoms with Gasteiger partial charge in [0.25, 0.3) is 0 Å². The monoisotopic (exact) mass is 1240 g/mol. The van der Waals surface area contributed by atoms with E-state index in [0.717, 1.165) is 78.5 Å². The van der Waals surface area contributed by atoms with Crippen LogP contribution in [0.5, 0.6) is 0 Å². The number of benzene rings is 4. The first-order valence-electron chi connectivity index (χ1n) is 30.8. The molecule has 0 atom stereocenters. The first kappa shape index (κ1) is 69.6. The van der Waals surface area contributed by atoms with Crippen molar-refractivity contribution in [1.29, 1.82) is 0 Å². The average Bonchev–Trinajstić information content (AvgIpc) is 1.69. The Morgan fingerprint density at radius 2 is 0.900 bits per heavy atom. The number of azide groups is 1. The summed E-state index contributed by atoms with van der Waals surface area (Å²) in [5, 5.41) is 13.9. The maximum atomic E-state index is 12.9. The summed E-state index contributed by atoms with van der Waals surface area (Å²) in [5.41, 5.74) is 15.4. The van der Waals surface area contributed by atoms with Crippen molar-refractivity contribution in [2.75, 3.05) is 204 Å². The Labute approximate surface area is 525 Å². The third kappa shape index (κ3) is 22.9. The fourth-order valence-electron chi connectivity index (χ4n) is 9.57. The Bertz CT molecular complexity index is 3360. The first-order chi connectivity index (χ1) is 44.2. The van der Waals surface area contributed by atoms with Crippen LogP contribution in [0.15, 0.2) is 127 Å². The number of anilines is 4. The number of hydrogen-bond donors (Lipinski definition) is 0. The van der Waals surface area contributed by atoms with Crippen molar-refractivity contribution in [2.24, 2.45) is 5.11 Å². The van der Waals surface area contributed by atoms with Gasteiger partial charge >= 0.3 is 11.3 Å². The minimum absolute atomic E-state index is 0.262. The Morgan fingerprint density at radius 1 is 0.489 bits per heavy atom. The van der Waals surface area contributed by atoms with Crippen LogP contribution in [-0.4, -0.2) is 199 Å². The SMILES string of the molecule is C#Cc1cc2ccc(N(CC)CC)cc2oc1=O.CCN(CC)c1ccc2oc(=O)c(-c3cn(-c4ccc(N5CCOCCOCCOCCOCCOCC5)cc4)nn3)cc2c1.[N-]=[N+]=Nc1ccc(N2CCOCCOCCOCCOCCOCC2)cc1. The number of fused-ring (bicyclic) bond motifs is 2. The van der Waals surface area contributed by atoms with E-state index in [-0.39, 0.29) is 5.56 Å². The molecule has 2 aliphatic heterocycles. The van der Waals surface area contributed by atoms with E-state index >= 15 is 0 Å². The fourth-order valence-corrected chi connectivity index (χ4v) is 9.57. The molecule has 3 aromatic heterocycles. The van der Waals surface area contributed by atoms with Crippen molar-refractivity contribution in [2.45, 2.75) is 27.7 Å². The lowest BCUT2D eigenvalue weighted by Crippen LogP contribution is -2.31. The van der Waals surface area contributed by atoms with Gasteiger partial charge in [-0.05, 0) is 112 Å². The normalized spacial score (nSPS) is 16.3. The van der Waals surface area contributed by atoms with E-state index in [0.29, 0.717) is 173 Å². The minimum atomic E-state index is -0.457. The molecular formula is C66H86N10O14. The van der Waals surface area contributed by atoms with Gasteiger partial charge in [-0.15, -0.1) is 11.5 Å². The van der Waals surface area contributed by atoms with Crippen LogP contribution in [0.4, 0.5) is 28.4 Å². The van der Waals surface area contributed by atoms with Gasteiger partial charge in [0.15, 0.2) is 0 Å². The van der Waals surface area contributed by atoms with E-state index in [4.69, 9.17) is 68.2 Å². The summed E-state index contributed by atoms with van der Waals surface area (Å²) < 4.78 is 68.4. The van der Waals surface area contributed by atoms with Crippen LogP contribution in [-0.2, 0) is 47.4 Å². The molecule has 2 fully saturated rings. The van der Waals surface area contributed by atoms with Crippen LogP contribution in [0.3, 0.4) is 0 Å². The van der Waals surface area contributed by atoms with Crippen molar-refractivity contribution in [3.63, 3.8) is 0 Å². The van der Waals surface area contributed by atoms with Crippen LogP contribution in [0.1, 0.15) is 33.3 Å². The summed E-state index contributed by atoms with van der Waals surface area (Å²) in [6, 6.07) is 30.7. The summed E-state index contributed by atoms with van der Waals surface area (Å²) in [7, 11) is 0. The van der Waals surface area contributed by atoms with E-state index in [1.807, 2.05) is 78.9 Å². The summed E-state index contributed by atoms with van der Waals surface area (Å²) in [6.07, 6.45) is 6.99. The lowest BCUT2D eigenvalue weighted by molar-refractivity contribution is -0.0116. The van der Waals surface area contributed by atoms with Crippen LogP contribution >= 0.6 is 0 Å². The van der Waals surface area contributed by atoms with Gasteiger partial charge in [-0.1, -0.05) is 28.4 Å². The molecule has 2 aliphatic rings. The maximum absolute atomic E-state index is 12.9. The highest BCUT2D eigenvalue weighted by atomic mass is 16.6. The zero-order chi connectivity index (χ0) is 63.4. The van der Waals surface area contributed by atoms with E-state index in [2.05, 4.69) is 73.6 Å². The average molecular weight is 1240 g/mol. The molecule has 5 heterocycles. The van der Waals surface area contributed by atoms with Gasteiger partial charge in [0.2, 0.25) is 0 Å². The number of ether oxygens (including phenoxy) is 10. The zero-order valence-electron chi connectivity index (χ0n) is 52.4. The summed E-state index contributed by atoms with van der Waals surface area (Å²) >= 11 is 0. The maximum Gasteiger partial charge on any atom is 0.352 e.